The summed E-state index contributed by atoms with van der Waals surface area (Å²) >= 11 is 0. The quantitative estimate of drug-likeness (QED) is 0.827. The summed E-state index contributed by atoms with van der Waals surface area (Å²) in [7, 11) is 0. The molecule has 0 unspecified atom stereocenters. The zero-order valence-electron chi connectivity index (χ0n) is 13.2. The molecule has 0 amide bonds. The summed E-state index contributed by atoms with van der Waals surface area (Å²) in [4.78, 5) is 5.31. The topological polar surface area (TPSA) is 18.5 Å². The minimum Gasteiger partial charge on any atom is -0.312 e. The lowest BCUT2D eigenvalue weighted by Gasteiger charge is -2.38. The van der Waals surface area contributed by atoms with Crippen molar-refractivity contribution < 1.29 is 1.43 Å². The van der Waals surface area contributed by atoms with E-state index in [1.165, 1.54) is 65.0 Å². The molecule has 0 spiro atoms. The van der Waals surface area contributed by atoms with Crippen LogP contribution < -0.4 is 5.32 Å². The molecule has 3 heteroatoms. The number of hydrogen-bond donors (Lipinski definition) is 1. The molecule has 2 saturated heterocycles. The van der Waals surface area contributed by atoms with Gasteiger partial charge in [-0.25, -0.2) is 0 Å². The van der Waals surface area contributed by atoms with E-state index in [-0.39, 0.29) is 1.43 Å². The first-order valence-corrected chi connectivity index (χ1v) is 8.38. The van der Waals surface area contributed by atoms with Gasteiger partial charge in [0.1, 0.15) is 0 Å². The van der Waals surface area contributed by atoms with Crippen molar-refractivity contribution in [3.63, 3.8) is 0 Å². The largest absolute Gasteiger partial charge is 0.312 e. The Bertz CT molecular complexity index is 244. The maximum atomic E-state index is 3.69. The van der Waals surface area contributed by atoms with E-state index in [2.05, 4.69) is 35.9 Å². The van der Waals surface area contributed by atoms with Crippen LogP contribution in [0.1, 0.15) is 47.9 Å². The molecule has 0 atom stereocenters. The van der Waals surface area contributed by atoms with Crippen molar-refractivity contribution in [1.82, 2.24) is 15.1 Å². The van der Waals surface area contributed by atoms with Gasteiger partial charge < -0.3 is 15.1 Å². The third kappa shape index (κ3) is 5.05. The van der Waals surface area contributed by atoms with Crippen molar-refractivity contribution in [2.24, 2.45) is 5.92 Å². The zero-order chi connectivity index (χ0) is 13.7. The fourth-order valence-corrected chi connectivity index (χ4v) is 3.60. The predicted molar refractivity (Wildman–Crippen MR) is 84.7 cm³/mol. The second-order valence-electron chi connectivity index (χ2n) is 6.77. The van der Waals surface area contributed by atoms with E-state index in [9.17, 15) is 0 Å². The van der Waals surface area contributed by atoms with Gasteiger partial charge in [-0.15, -0.1) is 0 Å². The van der Waals surface area contributed by atoms with Gasteiger partial charge in [0.25, 0.3) is 0 Å². The van der Waals surface area contributed by atoms with Gasteiger partial charge in [-0.05, 0) is 64.3 Å². The molecule has 2 aliphatic rings. The van der Waals surface area contributed by atoms with Crippen molar-refractivity contribution >= 4 is 0 Å². The molecule has 0 saturated carbocycles. The number of nitrogens with one attached hydrogen (secondary N) is 1. The van der Waals surface area contributed by atoms with Crippen LogP contribution in [0, 0.1) is 5.92 Å². The number of likely N-dealkylation sites (tertiary alicyclic amines) is 2. The molecule has 114 valence electrons. The molecular weight excluding hydrogens is 234 g/mol. The van der Waals surface area contributed by atoms with E-state index in [4.69, 9.17) is 0 Å². The van der Waals surface area contributed by atoms with Crippen LogP contribution in [-0.2, 0) is 0 Å². The van der Waals surface area contributed by atoms with Crippen LogP contribution in [0.25, 0.3) is 0 Å². The number of piperidine rings is 2. The normalized spacial score (nSPS) is 25.3. The molecule has 3 nitrogen and oxygen atoms in total. The molecule has 1 N–H and O–H groups in total. The molecule has 2 rings (SSSR count). The van der Waals surface area contributed by atoms with Crippen LogP contribution in [0.5, 0.6) is 0 Å². The molecule has 0 aliphatic carbocycles. The summed E-state index contributed by atoms with van der Waals surface area (Å²) < 4.78 is 0. The minimum absolute atomic E-state index is 0. The number of nitrogens with zero attached hydrogens (tertiary/aromatic N) is 2. The highest BCUT2D eigenvalue weighted by Crippen LogP contribution is 2.20. The van der Waals surface area contributed by atoms with E-state index in [0.29, 0.717) is 6.04 Å². The third-order valence-corrected chi connectivity index (χ3v) is 4.83. The molecule has 0 radical (unpaired) electrons. The lowest BCUT2D eigenvalue weighted by atomic mass is 9.94. The highest BCUT2D eigenvalue weighted by Gasteiger charge is 2.24. The second-order valence-corrected chi connectivity index (χ2v) is 6.77. The van der Waals surface area contributed by atoms with E-state index < -0.39 is 0 Å². The van der Waals surface area contributed by atoms with Crippen molar-refractivity contribution in [3.05, 3.63) is 0 Å². The van der Waals surface area contributed by atoms with Crippen LogP contribution in [0.3, 0.4) is 0 Å². The fraction of sp³-hybridized carbons (Fsp3) is 1.00. The third-order valence-electron chi connectivity index (χ3n) is 4.83. The lowest BCUT2D eigenvalue weighted by molar-refractivity contribution is 0.124. The average Bonchev–Trinajstić information content (AvgIpc) is 2.41. The number of hydrogen-bond acceptors (Lipinski definition) is 3. The van der Waals surface area contributed by atoms with Crippen molar-refractivity contribution in [2.45, 2.75) is 58.5 Å². The first kappa shape index (κ1) is 15.3. The van der Waals surface area contributed by atoms with Crippen LogP contribution in [-0.4, -0.2) is 61.2 Å². The molecule has 0 aromatic carbocycles. The Hall–Kier alpha value is -0.120. The SMILES string of the molecule is CCN1CCC(CN2CCC(NC(C)C)CC2)CC1.[HH]. The van der Waals surface area contributed by atoms with Crippen molar-refractivity contribution in [2.75, 3.05) is 39.3 Å². The van der Waals surface area contributed by atoms with Gasteiger partial charge in [-0.1, -0.05) is 20.8 Å². The molecule has 0 aromatic rings. The Morgan fingerprint density at radius 1 is 1.00 bits per heavy atom. The van der Waals surface area contributed by atoms with E-state index in [1.807, 2.05) is 0 Å². The van der Waals surface area contributed by atoms with Gasteiger partial charge in [-0.2, -0.15) is 0 Å². The minimum atomic E-state index is 0. The van der Waals surface area contributed by atoms with Crippen LogP contribution in [0.2, 0.25) is 0 Å². The van der Waals surface area contributed by atoms with Gasteiger partial charge in [0, 0.05) is 20.1 Å². The molecule has 2 heterocycles. The number of rotatable bonds is 5. The highest BCUT2D eigenvalue weighted by atomic mass is 15.2. The maximum absolute atomic E-state index is 3.69. The monoisotopic (exact) mass is 269 g/mol. The van der Waals surface area contributed by atoms with Gasteiger partial charge >= 0.3 is 0 Å². The summed E-state index contributed by atoms with van der Waals surface area (Å²) in [6, 6.07) is 1.40. The Morgan fingerprint density at radius 3 is 2.11 bits per heavy atom. The smallest absolute Gasteiger partial charge is 0.00937 e. The highest BCUT2D eigenvalue weighted by molar-refractivity contribution is 4.81. The molecule has 19 heavy (non-hydrogen) atoms. The predicted octanol–water partition coefficient (Wildman–Crippen LogP) is 2.43. The summed E-state index contributed by atoms with van der Waals surface area (Å²) in [5, 5.41) is 3.69. The first-order valence-electron chi connectivity index (χ1n) is 8.38. The Labute approximate surface area is 121 Å². The van der Waals surface area contributed by atoms with E-state index in [0.717, 1.165) is 12.0 Å². The first-order chi connectivity index (χ1) is 9.17. The molecule has 0 bridgehead atoms. The van der Waals surface area contributed by atoms with Crippen molar-refractivity contribution in [3.8, 4) is 0 Å². The maximum Gasteiger partial charge on any atom is 0.00937 e. The lowest BCUT2D eigenvalue weighted by Crippen LogP contribution is -2.46. The molecule has 0 aromatic heterocycles. The van der Waals surface area contributed by atoms with Gasteiger partial charge in [0.15, 0.2) is 0 Å². The summed E-state index contributed by atoms with van der Waals surface area (Å²) in [6.45, 7) is 14.6. The van der Waals surface area contributed by atoms with Crippen molar-refractivity contribution in [1.29, 1.82) is 0 Å². The zero-order valence-corrected chi connectivity index (χ0v) is 13.2. The van der Waals surface area contributed by atoms with Crippen LogP contribution >= 0.6 is 0 Å². The average molecular weight is 269 g/mol. The summed E-state index contributed by atoms with van der Waals surface area (Å²) in [5.74, 6) is 0.956. The molecular formula is C16H35N3. The standard InChI is InChI=1S/C16H33N3.H2/c1-4-18-9-5-15(6-10-18)13-19-11-7-16(8-12-19)17-14(2)3;/h14-17H,4-13H2,1-3H3;1H. The van der Waals surface area contributed by atoms with E-state index >= 15 is 0 Å². The van der Waals surface area contributed by atoms with E-state index in [1.54, 1.807) is 0 Å². The Balaban J connectivity index is 0.00000200. The van der Waals surface area contributed by atoms with Crippen LogP contribution in [0.4, 0.5) is 0 Å². The fourth-order valence-electron chi connectivity index (χ4n) is 3.60. The molecule has 2 aliphatic heterocycles. The van der Waals surface area contributed by atoms with Crippen LogP contribution in [0.15, 0.2) is 0 Å². The van der Waals surface area contributed by atoms with Gasteiger partial charge in [0.05, 0.1) is 0 Å². The Kier molecular flexibility index (Phi) is 6.11. The summed E-state index contributed by atoms with van der Waals surface area (Å²) in [5.41, 5.74) is 0. The van der Waals surface area contributed by atoms with Gasteiger partial charge in [0.2, 0.25) is 0 Å². The second kappa shape index (κ2) is 7.61. The summed E-state index contributed by atoms with van der Waals surface area (Å²) in [6.07, 6.45) is 5.51. The molecule has 2 fully saturated rings. The Morgan fingerprint density at radius 2 is 1.58 bits per heavy atom. The van der Waals surface area contributed by atoms with Gasteiger partial charge in [-0.3, -0.25) is 0 Å².